The van der Waals surface area contributed by atoms with Gasteiger partial charge < -0.3 is 4.90 Å². The van der Waals surface area contributed by atoms with Gasteiger partial charge in [-0.2, -0.15) is 0 Å². The largest absolute Gasteiger partial charge is 0.310 e. The highest BCUT2D eigenvalue weighted by atomic mass is 15.1. The number of anilines is 3. The maximum Gasteiger partial charge on any atom is 0.0540 e. The summed E-state index contributed by atoms with van der Waals surface area (Å²) in [4.78, 5) is 2.39. The van der Waals surface area contributed by atoms with Gasteiger partial charge in [0.2, 0.25) is 0 Å². The van der Waals surface area contributed by atoms with Crippen LogP contribution in [0.15, 0.2) is 237 Å². The molecule has 0 heterocycles. The number of para-hydroxylation sites is 1. The minimum Gasteiger partial charge on any atom is -0.310 e. The molecule has 10 aromatic rings. The molecule has 0 fully saturated rings. The Labute approximate surface area is 334 Å². The van der Waals surface area contributed by atoms with Gasteiger partial charge in [0.05, 0.1) is 5.69 Å². The van der Waals surface area contributed by atoms with Crippen LogP contribution >= 0.6 is 0 Å². The normalized spacial score (nSPS) is 11.2. The summed E-state index contributed by atoms with van der Waals surface area (Å²) in [5, 5.41) is 5.03. The van der Waals surface area contributed by atoms with E-state index in [1.54, 1.807) is 0 Å². The van der Waals surface area contributed by atoms with Crippen LogP contribution in [0.4, 0.5) is 17.1 Å². The third-order valence-electron chi connectivity index (χ3n) is 11.1. The Morgan fingerprint density at radius 3 is 1.25 bits per heavy atom. The molecular formula is C56H39N. The van der Waals surface area contributed by atoms with E-state index in [2.05, 4.69) is 241 Å². The lowest BCUT2D eigenvalue weighted by molar-refractivity contribution is 1.28. The van der Waals surface area contributed by atoms with Crippen LogP contribution in [0, 0.1) is 0 Å². The number of hydrogen-bond donors (Lipinski definition) is 0. The van der Waals surface area contributed by atoms with Crippen molar-refractivity contribution < 1.29 is 0 Å². The Morgan fingerprint density at radius 1 is 0.228 bits per heavy atom. The van der Waals surface area contributed by atoms with Gasteiger partial charge in [-0.3, -0.25) is 0 Å². The van der Waals surface area contributed by atoms with Crippen molar-refractivity contribution in [3.8, 4) is 55.6 Å². The smallest absolute Gasteiger partial charge is 0.0540 e. The molecule has 0 unspecified atom stereocenters. The molecule has 0 saturated heterocycles. The van der Waals surface area contributed by atoms with Crippen molar-refractivity contribution in [2.24, 2.45) is 0 Å². The highest BCUT2D eigenvalue weighted by Gasteiger charge is 2.21. The highest BCUT2D eigenvalue weighted by Crippen LogP contribution is 2.48. The summed E-state index contributed by atoms with van der Waals surface area (Å²) in [7, 11) is 0. The lowest BCUT2D eigenvalue weighted by atomic mass is 9.82. The minimum absolute atomic E-state index is 1.09. The SMILES string of the molecule is c1ccc(-c2ccc(N(c3ccc(-c4cccc5c4c(-c4ccccc4)c(-c4ccccc4)c4ccccc45)cc3)c3ccccc3-c3ccccc3)cc2)cc1. The Kier molecular flexibility index (Phi) is 8.95. The number of rotatable bonds is 8. The van der Waals surface area contributed by atoms with E-state index in [9.17, 15) is 0 Å². The number of benzene rings is 10. The lowest BCUT2D eigenvalue weighted by Gasteiger charge is -2.28. The average molecular weight is 726 g/mol. The van der Waals surface area contributed by atoms with Crippen molar-refractivity contribution in [1.29, 1.82) is 0 Å². The second-order valence-electron chi connectivity index (χ2n) is 14.4. The van der Waals surface area contributed by atoms with Gasteiger partial charge in [-0.1, -0.05) is 206 Å². The number of fused-ring (bicyclic) bond motifs is 3. The highest BCUT2D eigenvalue weighted by molar-refractivity contribution is 6.24. The molecular weight excluding hydrogens is 687 g/mol. The fourth-order valence-corrected chi connectivity index (χ4v) is 8.46. The Hall–Kier alpha value is -7.48. The zero-order valence-corrected chi connectivity index (χ0v) is 31.5. The fourth-order valence-electron chi connectivity index (χ4n) is 8.46. The molecule has 10 aromatic carbocycles. The van der Waals surface area contributed by atoms with Crippen LogP contribution in [0.2, 0.25) is 0 Å². The van der Waals surface area contributed by atoms with Crippen LogP contribution in [-0.2, 0) is 0 Å². The topological polar surface area (TPSA) is 3.24 Å². The van der Waals surface area contributed by atoms with Crippen LogP contribution in [0.5, 0.6) is 0 Å². The van der Waals surface area contributed by atoms with Gasteiger partial charge in [-0.25, -0.2) is 0 Å². The van der Waals surface area contributed by atoms with E-state index in [0.717, 1.165) is 17.1 Å². The maximum absolute atomic E-state index is 2.39. The van der Waals surface area contributed by atoms with Crippen LogP contribution in [0.1, 0.15) is 0 Å². The van der Waals surface area contributed by atoms with Gasteiger partial charge in [-0.15, -0.1) is 0 Å². The molecule has 0 saturated carbocycles. The third-order valence-corrected chi connectivity index (χ3v) is 11.1. The minimum atomic E-state index is 1.09. The molecule has 0 radical (unpaired) electrons. The van der Waals surface area contributed by atoms with Crippen molar-refractivity contribution in [2.45, 2.75) is 0 Å². The summed E-state index contributed by atoms with van der Waals surface area (Å²) in [6.45, 7) is 0. The van der Waals surface area contributed by atoms with Crippen LogP contribution in [0.25, 0.3) is 77.2 Å². The number of nitrogens with zero attached hydrogens (tertiary/aromatic N) is 1. The molecule has 0 N–H and O–H groups in total. The summed E-state index contributed by atoms with van der Waals surface area (Å²) >= 11 is 0. The van der Waals surface area contributed by atoms with Crippen molar-refractivity contribution in [3.63, 3.8) is 0 Å². The van der Waals surface area contributed by atoms with E-state index in [-0.39, 0.29) is 0 Å². The lowest BCUT2D eigenvalue weighted by Crippen LogP contribution is -2.11. The first-order chi connectivity index (χ1) is 28.3. The van der Waals surface area contributed by atoms with Crippen LogP contribution in [0.3, 0.4) is 0 Å². The molecule has 0 aliphatic rings. The quantitative estimate of drug-likeness (QED) is 0.141. The second-order valence-corrected chi connectivity index (χ2v) is 14.4. The van der Waals surface area contributed by atoms with Gasteiger partial charge in [0.25, 0.3) is 0 Å². The van der Waals surface area contributed by atoms with E-state index >= 15 is 0 Å². The molecule has 1 heteroatoms. The summed E-state index contributed by atoms with van der Waals surface area (Å²) < 4.78 is 0. The molecule has 1 nitrogen and oxygen atoms in total. The molecule has 0 spiro atoms. The molecule has 0 aliphatic heterocycles. The molecule has 0 bridgehead atoms. The molecule has 0 aromatic heterocycles. The number of hydrogen-bond acceptors (Lipinski definition) is 1. The van der Waals surface area contributed by atoms with E-state index in [4.69, 9.17) is 0 Å². The van der Waals surface area contributed by atoms with Gasteiger partial charge in [0.1, 0.15) is 0 Å². The third kappa shape index (κ3) is 6.36. The van der Waals surface area contributed by atoms with Crippen molar-refractivity contribution in [3.05, 3.63) is 237 Å². The average Bonchev–Trinajstić information content (AvgIpc) is 3.30. The summed E-state index contributed by atoms with van der Waals surface area (Å²) in [5.74, 6) is 0. The molecule has 0 amide bonds. The molecule has 57 heavy (non-hydrogen) atoms. The first kappa shape index (κ1) is 34.0. The first-order valence-electron chi connectivity index (χ1n) is 19.6. The monoisotopic (exact) mass is 725 g/mol. The van der Waals surface area contributed by atoms with Gasteiger partial charge >= 0.3 is 0 Å². The van der Waals surface area contributed by atoms with Crippen LogP contribution in [-0.4, -0.2) is 0 Å². The second kappa shape index (κ2) is 15.0. The van der Waals surface area contributed by atoms with E-state index in [0.29, 0.717) is 0 Å². The van der Waals surface area contributed by atoms with E-state index in [1.807, 2.05) is 0 Å². The summed E-state index contributed by atoms with van der Waals surface area (Å²) in [6, 6.07) is 85.5. The van der Waals surface area contributed by atoms with Crippen molar-refractivity contribution >= 4 is 38.6 Å². The predicted molar refractivity (Wildman–Crippen MR) is 243 cm³/mol. The molecule has 268 valence electrons. The summed E-state index contributed by atoms with van der Waals surface area (Å²) in [6.07, 6.45) is 0. The Balaban J connectivity index is 1.17. The van der Waals surface area contributed by atoms with Crippen LogP contribution < -0.4 is 4.90 Å². The first-order valence-corrected chi connectivity index (χ1v) is 19.6. The molecule has 0 aliphatic carbocycles. The van der Waals surface area contributed by atoms with Gasteiger partial charge in [-0.05, 0) is 102 Å². The zero-order valence-electron chi connectivity index (χ0n) is 31.5. The summed E-state index contributed by atoms with van der Waals surface area (Å²) in [5.41, 5.74) is 15.4. The maximum atomic E-state index is 2.39. The Morgan fingerprint density at radius 2 is 0.632 bits per heavy atom. The molecule has 10 rings (SSSR count). The molecule has 0 atom stereocenters. The van der Waals surface area contributed by atoms with Crippen molar-refractivity contribution in [1.82, 2.24) is 0 Å². The predicted octanol–water partition coefficient (Wildman–Crippen LogP) is 15.8. The van der Waals surface area contributed by atoms with E-state index < -0.39 is 0 Å². The standard InChI is InChI=1S/C56H39N/c1-5-18-40(19-6-1)41-32-36-46(37-33-41)57(53-31-16-15-26-48(53)42-20-7-2-8-21-42)47-38-34-43(35-39-47)49-29-17-30-52-50-27-13-14-28-51(50)54(44-22-9-3-10-23-44)55(56(49)52)45-24-11-4-12-25-45/h1-39H. The van der Waals surface area contributed by atoms with Crippen molar-refractivity contribution in [2.75, 3.05) is 4.90 Å². The van der Waals surface area contributed by atoms with Gasteiger partial charge in [0.15, 0.2) is 0 Å². The Bertz CT molecular complexity index is 2950. The zero-order chi connectivity index (χ0) is 38.0. The fraction of sp³-hybridized carbons (Fsp3) is 0. The van der Waals surface area contributed by atoms with Gasteiger partial charge in [0, 0.05) is 16.9 Å². The van der Waals surface area contributed by atoms with E-state index in [1.165, 1.54) is 77.2 Å².